The van der Waals surface area contributed by atoms with Crippen LogP contribution in [0.5, 0.6) is 0 Å². The minimum atomic E-state index is 0.00155. The van der Waals surface area contributed by atoms with Crippen LogP contribution in [0.4, 0.5) is 0 Å². The zero-order valence-electron chi connectivity index (χ0n) is 12.5. The maximum atomic E-state index is 12.2. The third-order valence-corrected chi connectivity index (χ3v) is 4.75. The predicted molar refractivity (Wildman–Crippen MR) is 79.1 cm³/mol. The molecule has 19 heavy (non-hydrogen) atoms. The highest BCUT2D eigenvalue weighted by molar-refractivity contribution is 5.81. The molecule has 0 radical (unpaired) electrons. The number of rotatable bonds is 6. The molecule has 1 amide bonds. The summed E-state index contributed by atoms with van der Waals surface area (Å²) in [5, 5.41) is 3.41. The molecule has 3 heteroatoms. The molecule has 110 valence electrons. The van der Waals surface area contributed by atoms with Gasteiger partial charge in [0.25, 0.3) is 0 Å². The summed E-state index contributed by atoms with van der Waals surface area (Å²) in [6.45, 7) is 4.95. The van der Waals surface area contributed by atoms with E-state index in [0.717, 1.165) is 25.6 Å². The molecular weight excluding hydrogens is 236 g/mol. The van der Waals surface area contributed by atoms with Gasteiger partial charge in [-0.25, -0.2) is 0 Å². The van der Waals surface area contributed by atoms with E-state index in [1.165, 1.54) is 57.8 Å². The van der Waals surface area contributed by atoms with Gasteiger partial charge in [0.2, 0.25) is 5.91 Å². The molecule has 0 bridgehead atoms. The molecule has 1 saturated carbocycles. The Hall–Kier alpha value is -0.570. The number of hydrogen-bond donors (Lipinski definition) is 1. The van der Waals surface area contributed by atoms with Crippen LogP contribution in [0.1, 0.15) is 64.7 Å². The van der Waals surface area contributed by atoms with E-state index in [1.807, 2.05) is 11.8 Å². The second-order valence-electron chi connectivity index (χ2n) is 6.35. The number of hydrogen-bond acceptors (Lipinski definition) is 2. The fourth-order valence-corrected chi connectivity index (χ4v) is 3.48. The van der Waals surface area contributed by atoms with Gasteiger partial charge in [0.05, 0.1) is 6.04 Å². The van der Waals surface area contributed by atoms with Gasteiger partial charge in [-0.3, -0.25) is 4.79 Å². The third kappa shape index (κ3) is 4.79. The summed E-state index contributed by atoms with van der Waals surface area (Å²) >= 11 is 0. The molecule has 1 atom stereocenters. The fraction of sp³-hybridized carbons (Fsp3) is 0.938. The Balaban J connectivity index is 1.57. The number of carbonyl (C=O) groups is 1. The molecule has 2 aliphatic rings. The second-order valence-corrected chi connectivity index (χ2v) is 6.35. The second kappa shape index (κ2) is 7.88. The topological polar surface area (TPSA) is 32.3 Å². The van der Waals surface area contributed by atoms with Crippen molar-refractivity contribution in [1.29, 1.82) is 0 Å². The molecule has 3 nitrogen and oxygen atoms in total. The fourth-order valence-electron chi connectivity index (χ4n) is 3.48. The molecule has 0 aromatic heterocycles. The lowest BCUT2D eigenvalue weighted by atomic mass is 10.0. The number of likely N-dealkylation sites (tertiary alicyclic amines) is 1. The van der Waals surface area contributed by atoms with Crippen molar-refractivity contribution in [2.75, 3.05) is 19.6 Å². The summed E-state index contributed by atoms with van der Waals surface area (Å²) in [5.74, 6) is 1.27. The lowest BCUT2D eigenvalue weighted by Crippen LogP contribution is -2.47. The maximum Gasteiger partial charge on any atom is 0.239 e. The third-order valence-electron chi connectivity index (χ3n) is 4.75. The Kier molecular flexibility index (Phi) is 6.15. The first-order valence-electron chi connectivity index (χ1n) is 8.29. The van der Waals surface area contributed by atoms with E-state index in [2.05, 4.69) is 5.32 Å². The first-order valence-corrected chi connectivity index (χ1v) is 8.29. The van der Waals surface area contributed by atoms with Crippen LogP contribution in [0.15, 0.2) is 0 Å². The van der Waals surface area contributed by atoms with Gasteiger partial charge in [0.1, 0.15) is 0 Å². The van der Waals surface area contributed by atoms with Crippen LogP contribution in [0.3, 0.4) is 0 Å². The van der Waals surface area contributed by atoms with Gasteiger partial charge in [0.15, 0.2) is 0 Å². The van der Waals surface area contributed by atoms with E-state index in [0.29, 0.717) is 5.91 Å². The van der Waals surface area contributed by atoms with Crippen molar-refractivity contribution in [1.82, 2.24) is 10.2 Å². The molecule has 1 aliphatic heterocycles. The highest BCUT2D eigenvalue weighted by Crippen LogP contribution is 2.28. The summed E-state index contributed by atoms with van der Waals surface area (Å²) in [4.78, 5) is 14.3. The minimum Gasteiger partial charge on any atom is -0.341 e. The van der Waals surface area contributed by atoms with E-state index in [9.17, 15) is 4.79 Å². The van der Waals surface area contributed by atoms with Crippen LogP contribution in [-0.2, 0) is 4.79 Å². The Morgan fingerprint density at radius 3 is 2.53 bits per heavy atom. The molecular formula is C16H30N2O. The zero-order valence-corrected chi connectivity index (χ0v) is 12.5. The molecule has 0 aromatic carbocycles. The number of amides is 1. The summed E-state index contributed by atoms with van der Waals surface area (Å²) in [5.41, 5.74) is 0. The van der Waals surface area contributed by atoms with Crippen molar-refractivity contribution in [2.24, 2.45) is 5.92 Å². The van der Waals surface area contributed by atoms with Crippen LogP contribution in [0.2, 0.25) is 0 Å². The van der Waals surface area contributed by atoms with Crippen LogP contribution < -0.4 is 5.32 Å². The van der Waals surface area contributed by atoms with Crippen molar-refractivity contribution in [3.63, 3.8) is 0 Å². The highest BCUT2D eigenvalue weighted by atomic mass is 16.2. The van der Waals surface area contributed by atoms with Crippen LogP contribution in [0.25, 0.3) is 0 Å². The summed E-state index contributed by atoms with van der Waals surface area (Å²) in [7, 11) is 0. The Morgan fingerprint density at radius 1 is 1.16 bits per heavy atom. The van der Waals surface area contributed by atoms with Crippen LogP contribution in [-0.4, -0.2) is 36.5 Å². The first kappa shape index (κ1) is 14.8. The molecule has 0 aromatic rings. The molecule has 1 unspecified atom stereocenters. The zero-order chi connectivity index (χ0) is 13.5. The van der Waals surface area contributed by atoms with Crippen LogP contribution in [0, 0.1) is 5.92 Å². The van der Waals surface area contributed by atoms with Gasteiger partial charge < -0.3 is 10.2 Å². The van der Waals surface area contributed by atoms with Crippen molar-refractivity contribution < 1.29 is 4.79 Å². The standard InChI is InChI=1S/C16H30N2O/c1-14(16(19)18-12-5-2-6-13-18)17-11-7-10-15-8-3-4-9-15/h14-15,17H,2-13H2,1H3. The van der Waals surface area contributed by atoms with Gasteiger partial charge in [-0.1, -0.05) is 25.7 Å². The van der Waals surface area contributed by atoms with E-state index < -0.39 is 0 Å². The minimum absolute atomic E-state index is 0.00155. The largest absolute Gasteiger partial charge is 0.341 e. The van der Waals surface area contributed by atoms with Crippen molar-refractivity contribution >= 4 is 5.91 Å². The number of nitrogens with zero attached hydrogens (tertiary/aromatic N) is 1. The van der Waals surface area contributed by atoms with Crippen molar-refractivity contribution in [2.45, 2.75) is 70.8 Å². The summed E-state index contributed by atoms with van der Waals surface area (Å²) < 4.78 is 0. The molecule has 1 aliphatic carbocycles. The maximum absolute atomic E-state index is 12.2. The van der Waals surface area contributed by atoms with Crippen molar-refractivity contribution in [3.05, 3.63) is 0 Å². The molecule has 2 rings (SSSR count). The van der Waals surface area contributed by atoms with Gasteiger partial charge in [-0.05, 0) is 51.5 Å². The van der Waals surface area contributed by atoms with E-state index in [4.69, 9.17) is 0 Å². The van der Waals surface area contributed by atoms with Gasteiger partial charge in [-0.2, -0.15) is 0 Å². The average Bonchev–Trinajstić information content (AvgIpc) is 2.96. The Labute approximate surface area is 118 Å². The monoisotopic (exact) mass is 266 g/mol. The molecule has 1 saturated heterocycles. The summed E-state index contributed by atoms with van der Waals surface area (Å²) in [6, 6.07) is 0.00155. The van der Waals surface area contributed by atoms with Crippen LogP contribution >= 0.6 is 0 Å². The molecule has 0 spiro atoms. The lowest BCUT2D eigenvalue weighted by molar-refractivity contribution is -0.133. The number of piperidine rings is 1. The molecule has 1 heterocycles. The normalized spacial score (nSPS) is 22.7. The first-order chi connectivity index (χ1) is 9.27. The average molecular weight is 266 g/mol. The van der Waals surface area contributed by atoms with E-state index >= 15 is 0 Å². The van der Waals surface area contributed by atoms with Crippen molar-refractivity contribution in [3.8, 4) is 0 Å². The van der Waals surface area contributed by atoms with E-state index in [1.54, 1.807) is 0 Å². The van der Waals surface area contributed by atoms with Gasteiger partial charge >= 0.3 is 0 Å². The van der Waals surface area contributed by atoms with Gasteiger partial charge in [-0.15, -0.1) is 0 Å². The SMILES string of the molecule is CC(NCCCC1CCCC1)C(=O)N1CCCCC1. The molecule has 2 fully saturated rings. The lowest BCUT2D eigenvalue weighted by Gasteiger charge is -2.29. The Bertz CT molecular complexity index is 268. The molecule has 1 N–H and O–H groups in total. The highest BCUT2D eigenvalue weighted by Gasteiger charge is 2.21. The number of carbonyl (C=O) groups excluding carboxylic acids is 1. The Morgan fingerprint density at radius 2 is 1.84 bits per heavy atom. The smallest absolute Gasteiger partial charge is 0.239 e. The van der Waals surface area contributed by atoms with Gasteiger partial charge in [0, 0.05) is 13.1 Å². The quantitative estimate of drug-likeness (QED) is 0.750. The van der Waals surface area contributed by atoms with E-state index in [-0.39, 0.29) is 6.04 Å². The number of nitrogens with one attached hydrogen (secondary N) is 1. The summed E-state index contributed by atoms with van der Waals surface area (Å²) in [6.07, 6.45) is 11.9. The predicted octanol–water partition coefficient (Wildman–Crippen LogP) is 2.95.